The number of hydrogen-bond donors (Lipinski definition) is 2. The second-order valence-electron chi connectivity index (χ2n) is 2.45. The summed E-state index contributed by atoms with van der Waals surface area (Å²) in [6, 6.07) is 7.78. The van der Waals surface area contributed by atoms with Gasteiger partial charge in [-0.05, 0) is 12.1 Å². The van der Waals surface area contributed by atoms with Crippen molar-refractivity contribution in [1.82, 2.24) is 0 Å². The predicted octanol–water partition coefficient (Wildman–Crippen LogP) is 1.07. The molecular formula is C9H14N2O. The maximum absolute atomic E-state index is 5.35. The second-order valence-corrected chi connectivity index (χ2v) is 2.45. The molecule has 1 rings (SSSR count). The van der Waals surface area contributed by atoms with Crippen molar-refractivity contribution in [1.29, 1.82) is 0 Å². The van der Waals surface area contributed by atoms with Gasteiger partial charge >= 0.3 is 0 Å². The number of anilines is 1. The summed E-state index contributed by atoms with van der Waals surface area (Å²) in [6.45, 7) is 1.42. The van der Waals surface area contributed by atoms with E-state index in [1.54, 1.807) is 7.11 Å². The first-order valence-corrected chi connectivity index (χ1v) is 3.95. The van der Waals surface area contributed by atoms with Crippen LogP contribution >= 0.6 is 0 Å². The fourth-order valence-corrected chi connectivity index (χ4v) is 0.950. The summed E-state index contributed by atoms with van der Waals surface area (Å²) in [4.78, 5) is 0. The van der Waals surface area contributed by atoms with E-state index in [0.717, 1.165) is 18.0 Å². The Morgan fingerprint density at radius 3 is 3.00 bits per heavy atom. The lowest BCUT2D eigenvalue weighted by Gasteiger charge is -2.05. The SMILES string of the molecule is COc1cccc(NCCN)c1. The number of hydrogen-bond acceptors (Lipinski definition) is 3. The molecule has 1 aromatic carbocycles. The summed E-state index contributed by atoms with van der Waals surface area (Å²) in [5, 5.41) is 3.16. The van der Waals surface area contributed by atoms with E-state index in [1.807, 2.05) is 24.3 Å². The van der Waals surface area contributed by atoms with Gasteiger partial charge in [0.1, 0.15) is 5.75 Å². The molecule has 0 atom stereocenters. The Bertz CT molecular complexity index is 238. The molecule has 0 aromatic heterocycles. The molecule has 12 heavy (non-hydrogen) atoms. The number of methoxy groups -OCH3 is 1. The van der Waals surface area contributed by atoms with Crippen LogP contribution in [-0.4, -0.2) is 20.2 Å². The molecule has 0 saturated carbocycles. The van der Waals surface area contributed by atoms with Crippen molar-refractivity contribution in [3.05, 3.63) is 24.3 Å². The molecule has 0 radical (unpaired) electrons. The van der Waals surface area contributed by atoms with E-state index in [2.05, 4.69) is 5.32 Å². The zero-order chi connectivity index (χ0) is 8.81. The van der Waals surface area contributed by atoms with Crippen LogP contribution in [0.15, 0.2) is 24.3 Å². The number of rotatable bonds is 4. The fourth-order valence-electron chi connectivity index (χ4n) is 0.950. The molecule has 3 N–H and O–H groups in total. The maximum Gasteiger partial charge on any atom is 0.120 e. The van der Waals surface area contributed by atoms with Crippen molar-refractivity contribution in [2.45, 2.75) is 0 Å². The summed E-state index contributed by atoms with van der Waals surface area (Å²) >= 11 is 0. The lowest BCUT2D eigenvalue weighted by atomic mass is 10.3. The van der Waals surface area contributed by atoms with Gasteiger partial charge in [0.2, 0.25) is 0 Å². The topological polar surface area (TPSA) is 47.3 Å². The summed E-state index contributed by atoms with van der Waals surface area (Å²) < 4.78 is 5.06. The largest absolute Gasteiger partial charge is 0.497 e. The van der Waals surface area contributed by atoms with E-state index >= 15 is 0 Å². The van der Waals surface area contributed by atoms with Crippen LogP contribution in [0.5, 0.6) is 5.75 Å². The van der Waals surface area contributed by atoms with Gasteiger partial charge in [0.05, 0.1) is 7.11 Å². The zero-order valence-electron chi connectivity index (χ0n) is 7.21. The highest BCUT2D eigenvalue weighted by atomic mass is 16.5. The van der Waals surface area contributed by atoms with E-state index in [0.29, 0.717) is 6.54 Å². The molecule has 0 saturated heterocycles. The molecule has 0 aliphatic rings. The molecule has 0 aliphatic carbocycles. The molecule has 66 valence electrons. The van der Waals surface area contributed by atoms with E-state index in [-0.39, 0.29) is 0 Å². The third kappa shape index (κ3) is 2.43. The van der Waals surface area contributed by atoms with Gasteiger partial charge in [-0.15, -0.1) is 0 Å². The van der Waals surface area contributed by atoms with E-state index in [9.17, 15) is 0 Å². The summed E-state index contributed by atoms with van der Waals surface area (Å²) in [7, 11) is 1.65. The highest BCUT2D eigenvalue weighted by Crippen LogP contribution is 2.15. The highest BCUT2D eigenvalue weighted by Gasteiger charge is 1.92. The molecule has 0 fully saturated rings. The molecule has 3 nitrogen and oxygen atoms in total. The molecule has 0 amide bonds. The van der Waals surface area contributed by atoms with E-state index < -0.39 is 0 Å². The Morgan fingerprint density at radius 2 is 2.33 bits per heavy atom. The summed E-state index contributed by atoms with van der Waals surface area (Å²) in [5.41, 5.74) is 6.39. The second kappa shape index (κ2) is 4.62. The molecular weight excluding hydrogens is 152 g/mol. The smallest absolute Gasteiger partial charge is 0.120 e. The van der Waals surface area contributed by atoms with Crippen LogP contribution in [-0.2, 0) is 0 Å². The molecule has 0 unspecified atom stereocenters. The van der Waals surface area contributed by atoms with Gasteiger partial charge in [-0.25, -0.2) is 0 Å². The normalized spacial score (nSPS) is 9.50. The van der Waals surface area contributed by atoms with Gasteiger partial charge in [-0.1, -0.05) is 6.07 Å². The quantitative estimate of drug-likeness (QED) is 0.703. The van der Waals surface area contributed by atoms with Crippen molar-refractivity contribution in [2.24, 2.45) is 5.73 Å². The fraction of sp³-hybridized carbons (Fsp3) is 0.333. The average molecular weight is 166 g/mol. The Morgan fingerprint density at radius 1 is 1.50 bits per heavy atom. The molecule has 0 spiro atoms. The van der Waals surface area contributed by atoms with Crippen LogP contribution in [0.3, 0.4) is 0 Å². The first kappa shape index (κ1) is 8.87. The standard InChI is InChI=1S/C9H14N2O/c1-12-9-4-2-3-8(7-9)11-6-5-10/h2-4,7,11H,5-6,10H2,1H3. The maximum atomic E-state index is 5.35. The predicted molar refractivity (Wildman–Crippen MR) is 50.5 cm³/mol. The molecule has 0 heterocycles. The van der Waals surface area contributed by atoms with Gasteiger partial charge in [0, 0.05) is 24.8 Å². The molecule has 0 bridgehead atoms. The van der Waals surface area contributed by atoms with Gasteiger partial charge < -0.3 is 15.8 Å². The molecule has 0 aliphatic heterocycles. The van der Waals surface area contributed by atoms with Crippen LogP contribution in [0.2, 0.25) is 0 Å². The van der Waals surface area contributed by atoms with Crippen LogP contribution in [0.1, 0.15) is 0 Å². The molecule has 1 aromatic rings. The van der Waals surface area contributed by atoms with Crippen LogP contribution < -0.4 is 15.8 Å². The zero-order valence-corrected chi connectivity index (χ0v) is 7.21. The first-order chi connectivity index (χ1) is 5.86. The van der Waals surface area contributed by atoms with Crippen LogP contribution in [0.4, 0.5) is 5.69 Å². The first-order valence-electron chi connectivity index (χ1n) is 3.95. The van der Waals surface area contributed by atoms with E-state index in [1.165, 1.54) is 0 Å². The summed E-state index contributed by atoms with van der Waals surface area (Å²) in [6.07, 6.45) is 0. The van der Waals surface area contributed by atoms with Crippen molar-refractivity contribution in [2.75, 3.05) is 25.5 Å². The number of ether oxygens (including phenoxy) is 1. The third-order valence-electron chi connectivity index (χ3n) is 1.54. The van der Waals surface area contributed by atoms with Crippen molar-refractivity contribution in [3.63, 3.8) is 0 Å². The Balaban J connectivity index is 2.60. The summed E-state index contributed by atoms with van der Waals surface area (Å²) in [5.74, 6) is 0.858. The lowest BCUT2D eigenvalue weighted by molar-refractivity contribution is 0.415. The van der Waals surface area contributed by atoms with Crippen molar-refractivity contribution >= 4 is 5.69 Å². The Hall–Kier alpha value is -1.22. The van der Waals surface area contributed by atoms with Gasteiger partial charge in [0.15, 0.2) is 0 Å². The number of benzene rings is 1. The number of nitrogens with one attached hydrogen (secondary N) is 1. The monoisotopic (exact) mass is 166 g/mol. The lowest BCUT2D eigenvalue weighted by Crippen LogP contribution is -2.12. The average Bonchev–Trinajstić information content (AvgIpc) is 2.15. The van der Waals surface area contributed by atoms with Crippen molar-refractivity contribution < 1.29 is 4.74 Å². The molecule has 3 heteroatoms. The highest BCUT2D eigenvalue weighted by molar-refractivity contribution is 5.48. The minimum atomic E-state index is 0.636. The van der Waals surface area contributed by atoms with Gasteiger partial charge in [-0.3, -0.25) is 0 Å². The van der Waals surface area contributed by atoms with Gasteiger partial charge in [-0.2, -0.15) is 0 Å². The van der Waals surface area contributed by atoms with Crippen LogP contribution in [0.25, 0.3) is 0 Å². The third-order valence-corrected chi connectivity index (χ3v) is 1.54. The number of nitrogens with two attached hydrogens (primary N) is 1. The van der Waals surface area contributed by atoms with E-state index in [4.69, 9.17) is 10.5 Å². The Labute approximate surface area is 72.5 Å². The van der Waals surface area contributed by atoms with Gasteiger partial charge in [0.25, 0.3) is 0 Å². The minimum absolute atomic E-state index is 0.636. The van der Waals surface area contributed by atoms with Crippen molar-refractivity contribution in [3.8, 4) is 5.75 Å². The minimum Gasteiger partial charge on any atom is -0.497 e. The van der Waals surface area contributed by atoms with Crippen LogP contribution in [0, 0.1) is 0 Å². The Kier molecular flexibility index (Phi) is 3.41.